The SMILES string of the molecule is Cc1cc(C)n(-c2ccc(N3CCCC(C(=O)NCCC(c4ccccc4)c4ccccc4)C3)nn2)n1. The van der Waals surface area contributed by atoms with E-state index in [4.69, 9.17) is 0 Å². The lowest BCUT2D eigenvalue weighted by atomic mass is 9.88. The molecule has 2 aromatic heterocycles. The number of aromatic nitrogens is 4. The van der Waals surface area contributed by atoms with Crippen molar-refractivity contribution in [2.75, 3.05) is 24.5 Å². The molecular formula is C30H34N6O. The van der Waals surface area contributed by atoms with Crippen molar-refractivity contribution >= 4 is 11.7 Å². The van der Waals surface area contributed by atoms with E-state index in [1.807, 2.05) is 44.2 Å². The van der Waals surface area contributed by atoms with Crippen LogP contribution in [0.15, 0.2) is 78.9 Å². The van der Waals surface area contributed by atoms with Gasteiger partial charge in [-0.25, -0.2) is 4.68 Å². The molecule has 0 radical (unpaired) electrons. The molecule has 1 amide bonds. The molecule has 2 aromatic carbocycles. The Morgan fingerprint density at radius 2 is 1.59 bits per heavy atom. The van der Waals surface area contributed by atoms with Crippen molar-refractivity contribution in [2.45, 2.75) is 39.0 Å². The second-order valence-corrected chi connectivity index (χ2v) is 9.83. The van der Waals surface area contributed by atoms with Gasteiger partial charge in [-0.3, -0.25) is 4.79 Å². The standard InChI is InChI=1S/C30H34N6O/c1-22-20-23(2)36(34-22)29-16-15-28(32-33-29)35-19-9-14-26(21-35)30(37)31-18-17-27(24-10-5-3-6-11-24)25-12-7-4-8-13-25/h3-8,10-13,15-16,20,26-27H,9,14,17-19,21H2,1-2H3,(H,31,37). The van der Waals surface area contributed by atoms with Crippen molar-refractivity contribution in [1.29, 1.82) is 0 Å². The molecule has 0 spiro atoms. The topological polar surface area (TPSA) is 75.9 Å². The van der Waals surface area contributed by atoms with Gasteiger partial charge in [0.1, 0.15) is 0 Å². The molecule has 1 aliphatic heterocycles. The van der Waals surface area contributed by atoms with Gasteiger partial charge in [0.05, 0.1) is 11.6 Å². The van der Waals surface area contributed by atoms with Crippen molar-refractivity contribution in [2.24, 2.45) is 5.92 Å². The van der Waals surface area contributed by atoms with E-state index in [1.54, 1.807) is 4.68 Å². The zero-order valence-corrected chi connectivity index (χ0v) is 21.5. The van der Waals surface area contributed by atoms with Gasteiger partial charge in [0.15, 0.2) is 11.6 Å². The Bertz CT molecular complexity index is 1260. The number of aryl methyl sites for hydroxylation is 2. The number of amides is 1. The van der Waals surface area contributed by atoms with Gasteiger partial charge < -0.3 is 10.2 Å². The molecule has 3 heterocycles. The Morgan fingerprint density at radius 3 is 2.19 bits per heavy atom. The zero-order chi connectivity index (χ0) is 25.6. The van der Waals surface area contributed by atoms with Crippen molar-refractivity contribution in [3.63, 3.8) is 0 Å². The number of piperidine rings is 1. The van der Waals surface area contributed by atoms with Crippen LogP contribution in [-0.4, -0.2) is 45.5 Å². The predicted molar refractivity (Wildman–Crippen MR) is 146 cm³/mol. The maximum Gasteiger partial charge on any atom is 0.224 e. The van der Waals surface area contributed by atoms with E-state index < -0.39 is 0 Å². The van der Waals surface area contributed by atoms with Crippen LogP contribution in [0, 0.1) is 19.8 Å². The summed E-state index contributed by atoms with van der Waals surface area (Å²) in [6.07, 6.45) is 2.70. The first-order valence-electron chi connectivity index (χ1n) is 13.1. The summed E-state index contributed by atoms with van der Waals surface area (Å²) in [6.45, 7) is 6.14. The van der Waals surface area contributed by atoms with Crippen LogP contribution in [0.4, 0.5) is 5.82 Å². The molecule has 1 unspecified atom stereocenters. The summed E-state index contributed by atoms with van der Waals surface area (Å²) in [5.41, 5.74) is 4.52. The zero-order valence-electron chi connectivity index (χ0n) is 21.5. The van der Waals surface area contributed by atoms with Crippen LogP contribution < -0.4 is 10.2 Å². The highest BCUT2D eigenvalue weighted by Crippen LogP contribution is 2.28. The second-order valence-electron chi connectivity index (χ2n) is 9.83. The molecule has 1 saturated heterocycles. The molecule has 190 valence electrons. The van der Waals surface area contributed by atoms with Gasteiger partial charge in [-0.15, -0.1) is 10.2 Å². The van der Waals surface area contributed by atoms with Gasteiger partial charge in [-0.05, 0) is 62.4 Å². The van der Waals surface area contributed by atoms with Crippen LogP contribution >= 0.6 is 0 Å². The van der Waals surface area contributed by atoms with E-state index in [1.165, 1.54) is 11.1 Å². The average molecular weight is 495 g/mol. The second kappa shape index (κ2) is 11.4. The maximum absolute atomic E-state index is 13.1. The molecule has 1 aliphatic rings. The van der Waals surface area contributed by atoms with Gasteiger partial charge in [0.25, 0.3) is 0 Å². The first-order valence-corrected chi connectivity index (χ1v) is 13.1. The molecule has 4 aromatic rings. The van der Waals surface area contributed by atoms with Gasteiger partial charge in [-0.2, -0.15) is 5.10 Å². The molecule has 0 bridgehead atoms. The lowest BCUT2D eigenvalue weighted by Crippen LogP contribution is -2.43. The number of carbonyl (C=O) groups is 1. The molecule has 0 saturated carbocycles. The molecule has 1 atom stereocenters. The summed E-state index contributed by atoms with van der Waals surface area (Å²) < 4.78 is 1.80. The Morgan fingerprint density at radius 1 is 0.946 bits per heavy atom. The number of hydrogen-bond acceptors (Lipinski definition) is 5. The van der Waals surface area contributed by atoms with Crippen molar-refractivity contribution in [3.05, 3.63) is 101 Å². The third kappa shape index (κ3) is 5.88. The molecule has 0 aliphatic carbocycles. The van der Waals surface area contributed by atoms with E-state index in [0.717, 1.165) is 43.0 Å². The minimum absolute atomic E-state index is 0.0573. The highest BCUT2D eigenvalue weighted by molar-refractivity contribution is 5.79. The number of nitrogens with one attached hydrogen (secondary N) is 1. The van der Waals surface area contributed by atoms with Gasteiger partial charge in [0, 0.05) is 31.2 Å². The summed E-state index contributed by atoms with van der Waals surface area (Å²) in [6, 6.07) is 27.0. The third-order valence-corrected chi connectivity index (χ3v) is 7.12. The van der Waals surface area contributed by atoms with Crippen LogP contribution in [-0.2, 0) is 4.79 Å². The fourth-order valence-electron chi connectivity index (χ4n) is 5.24. The first kappa shape index (κ1) is 24.7. The van der Waals surface area contributed by atoms with Crippen LogP contribution in [0.2, 0.25) is 0 Å². The number of hydrogen-bond donors (Lipinski definition) is 1. The Kier molecular flexibility index (Phi) is 7.59. The van der Waals surface area contributed by atoms with Gasteiger partial charge in [-0.1, -0.05) is 60.7 Å². The Labute approximate surface area is 218 Å². The number of carbonyl (C=O) groups excluding carboxylic acids is 1. The number of rotatable bonds is 8. The van der Waals surface area contributed by atoms with Crippen molar-refractivity contribution < 1.29 is 4.79 Å². The van der Waals surface area contributed by atoms with E-state index in [0.29, 0.717) is 18.9 Å². The highest BCUT2D eigenvalue weighted by Gasteiger charge is 2.27. The Balaban J connectivity index is 1.19. The fraction of sp³-hybridized carbons (Fsp3) is 0.333. The van der Waals surface area contributed by atoms with Crippen LogP contribution in [0.5, 0.6) is 0 Å². The highest BCUT2D eigenvalue weighted by atomic mass is 16.1. The van der Waals surface area contributed by atoms with Gasteiger partial charge in [0.2, 0.25) is 5.91 Å². The summed E-state index contributed by atoms with van der Waals surface area (Å²) in [5, 5.41) is 16.6. The fourth-order valence-corrected chi connectivity index (χ4v) is 5.24. The monoisotopic (exact) mass is 494 g/mol. The average Bonchev–Trinajstić information content (AvgIpc) is 3.29. The summed E-state index contributed by atoms with van der Waals surface area (Å²) in [7, 11) is 0. The molecule has 5 rings (SSSR count). The lowest BCUT2D eigenvalue weighted by molar-refractivity contribution is -0.125. The van der Waals surface area contributed by atoms with Gasteiger partial charge >= 0.3 is 0 Å². The summed E-state index contributed by atoms with van der Waals surface area (Å²) in [5.74, 6) is 1.82. The van der Waals surface area contributed by atoms with E-state index >= 15 is 0 Å². The maximum atomic E-state index is 13.1. The minimum atomic E-state index is -0.0573. The minimum Gasteiger partial charge on any atom is -0.356 e. The van der Waals surface area contributed by atoms with Crippen molar-refractivity contribution in [3.8, 4) is 5.82 Å². The van der Waals surface area contributed by atoms with Crippen LogP contribution in [0.1, 0.15) is 47.7 Å². The molecule has 7 nitrogen and oxygen atoms in total. The van der Waals surface area contributed by atoms with Crippen molar-refractivity contribution in [1.82, 2.24) is 25.3 Å². The summed E-state index contributed by atoms with van der Waals surface area (Å²) in [4.78, 5) is 15.3. The van der Waals surface area contributed by atoms with E-state index in [9.17, 15) is 4.79 Å². The normalized spacial score (nSPS) is 15.6. The van der Waals surface area contributed by atoms with Crippen LogP contribution in [0.3, 0.4) is 0 Å². The number of benzene rings is 2. The Hall–Kier alpha value is -4.00. The quantitative estimate of drug-likeness (QED) is 0.380. The number of anilines is 1. The molecular weight excluding hydrogens is 460 g/mol. The molecule has 1 N–H and O–H groups in total. The van der Waals surface area contributed by atoms with Crippen LogP contribution in [0.25, 0.3) is 5.82 Å². The largest absolute Gasteiger partial charge is 0.356 e. The lowest BCUT2D eigenvalue weighted by Gasteiger charge is -2.32. The van der Waals surface area contributed by atoms with E-state index in [2.05, 4.69) is 74.0 Å². The predicted octanol–water partition coefficient (Wildman–Crippen LogP) is 4.83. The molecule has 37 heavy (non-hydrogen) atoms. The number of nitrogens with zero attached hydrogens (tertiary/aromatic N) is 5. The summed E-state index contributed by atoms with van der Waals surface area (Å²) >= 11 is 0. The third-order valence-electron chi connectivity index (χ3n) is 7.12. The molecule has 7 heteroatoms. The first-order chi connectivity index (χ1) is 18.1. The smallest absolute Gasteiger partial charge is 0.224 e. The van der Waals surface area contributed by atoms with E-state index in [-0.39, 0.29) is 17.7 Å². The molecule has 1 fully saturated rings.